The van der Waals surface area contributed by atoms with E-state index in [1.807, 2.05) is 42.5 Å². The van der Waals surface area contributed by atoms with Crippen molar-refractivity contribution in [1.29, 1.82) is 0 Å². The molecule has 0 aliphatic heterocycles. The number of nitrogens with one attached hydrogen (secondary N) is 2. The summed E-state index contributed by atoms with van der Waals surface area (Å²) in [5, 5.41) is 0. The molecule has 2 N–H and O–H groups in total. The molecular formula is C25H28N2O5. The van der Waals surface area contributed by atoms with Gasteiger partial charge in [0.15, 0.2) is 11.5 Å². The van der Waals surface area contributed by atoms with Crippen LogP contribution in [0.4, 0.5) is 0 Å². The second-order valence-corrected chi connectivity index (χ2v) is 7.20. The largest absolute Gasteiger partial charge is 0.493 e. The van der Waals surface area contributed by atoms with Gasteiger partial charge in [0.25, 0.3) is 5.91 Å². The molecule has 0 atom stereocenters. The molecule has 3 aromatic rings. The number of furan rings is 1. The van der Waals surface area contributed by atoms with Gasteiger partial charge in [-0.25, -0.2) is 0 Å². The van der Waals surface area contributed by atoms with E-state index in [1.165, 1.54) is 7.11 Å². The summed E-state index contributed by atoms with van der Waals surface area (Å²) in [4.78, 5) is 24.5. The normalized spacial score (nSPS) is 10.4. The average molecular weight is 437 g/mol. The number of methoxy groups -OCH3 is 1. The van der Waals surface area contributed by atoms with Gasteiger partial charge < -0.3 is 13.9 Å². The number of aryl methyl sites for hydroxylation is 1. The summed E-state index contributed by atoms with van der Waals surface area (Å²) >= 11 is 0. The Kier molecular flexibility index (Phi) is 8.31. The Bertz CT molecular complexity index is 1030. The van der Waals surface area contributed by atoms with Gasteiger partial charge in [-0.05, 0) is 36.8 Å². The highest BCUT2D eigenvalue weighted by molar-refractivity contribution is 5.96. The van der Waals surface area contributed by atoms with Crippen LogP contribution in [0.1, 0.15) is 42.3 Å². The Labute approximate surface area is 187 Å². The number of carbonyl (C=O) groups excluding carboxylic acids is 2. The zero-order valence-electron chi connectivity index (χ0n) is 18.4. The van der Waals surface area contributed by atoms with E-state index >= 15 is 0 Å². The molecule has 0 aliphatic rings. The van der Waals surface area contributed by atoms with Crippen molar-refractivity contribution >= 4 is 11.8 Å². The van der Waals surface area contributed by atoms with Crippen LogP contribution >= 0.6 is 0 Å². The number of ether oxygens (including phenoxy) is 2. The van der Waals surface area contributed by atoms with Gasteiger partial charge >= 0.3 is 0 Å². The van der Waals surface area contributed by atoms with Gasteiger partial charge in [0.1, 0.15) is 11.5 Å². The molecule has 2 amide bonds. The topological polar surface area (TPSA) is 89.8 Å². The number of hydrogen-bond donors (Lipinski definition) is 2. The molecule has 168 valence electrons. The van der Waals surface area contributed by atoms with Gasteiger partial charge in [-0.2, -0.15) is 0 Å². The van der Waals surface area contributed by atoms with Gasteiger partial charge in [0.05, 0.1) is 13.7 Å². The summed E-state index contributed by atoms with van der Waals surface area (Å²) in [5.74, 6) is 1.74. The fourth-order valence-corrected chi connectivity index (χ4v) is 3.02. The third kappa shape index (κ3) is 6.38. The first-order valence-corrected chi connectivity index (χ1v) is 10.6. The molecular weight excluding hydrogens is 408 g/mol. The van der Waals surface area contributed by atoms with Gasteiger partial charge in [0, 0.05) is 24.0 Å². The minimum absolute atomic E-state index is 0.176. The van der Waals surface area contributed by atoms with E-state index in [-0.39, 0.29) is 12.3 Å². The number of carbonyl (C=O) groups is 2. The number of amides is 2. The molecule has 0 unspecified atom stereocenters. The van der Waals surface area contributed by atoms with Gasteiger partial charge in [-0.15, -0.1) is 0 Å². The number of unbranched alkanes of at least 4 members (excludes halogenated alkanes) is 1. The van der Waals surface area contributed by atoms with Crippen LogP contribution in [0.5, 0.6) is 11.5 Å². The van der Waals surface area contributed by atoms with E-state index in [1.54, 1.807) is 18.2 Å². The second kappa shape index (κ2) is 11.6. The van der Waals surface area contributed by atoms with Crippen LogP contribution < -0.4 is 20.3 Å². The SMILES string of the molecule is CCCCOc1ccc(C(=O)NNC(=O)CCc2ccc(-c3ccccc3)o2)cc1OC. The summed E-state index contributed by atoms with van der Waals surface area (Å²) in [7, 11) is 1.52. The highest BCUT2D eigenvalue weighted by Gasteiger charge is 2.13. The molecule has 0 aliphatic carbocycles. The predicted octanol–water partition coefficient (Wildman–Crippen LogP) is 4.53. The van der Waals surface area contributed by atoms with Crippen molar-refractivity contribution < 1.29 is 23.5 Å². The fraction of sp³-hybridized carbons (Fsp3) is 0.280. The smallest absolute Gasteiger partial charge is 0.269 e. The highest BCUT2D eigenvalue weighted by Crippen LogP contribution is 2.28. The molecule has 32 heavy (non-hydrogen) atoms. The first-order valence-electron chi connectivity index (χ1n) is 10.6. The van der Waals surface area contributed by atoms with Crippen molar-refractivity contribution in [3.63, 3.8) is 0 Å². The van der Waals surface area contributed by atoms with Crippen molar-refractivity contribution in [1.82, 2.24) is 10.9 Å². The van der Waals surface area contributed by atoms with Gasteiger partial charge in [-0.3, -0.25) is 20.4 Å². The maximum atomic E-state index is 12.4. The van der Waals surface area contributed by atoms with E-state index < -0.39 is 5.91 Å². The number of benzene rings is 2. The van der Waals surface area contributed by atoms with Gasteiger partial charge in [-0.1, -0.05) is 43.7 Å². The lowest BCUT2D eigenvalue weighted by atomic mass is 10.2. The molecule has 7 nitrogen and oxygen atoms in total. The zero-order chi connectivity index (χ0) is 22.8. The van der Waals surface area contributed by atoms with Gasteiger partial charge in [0.2, 0.25) is 5.91 Å². The molecule has 3 rings (SSSR count). The minimum Gasteiger partial charge on any atom is -0.493 e. The second-order valence-electron chi connectivity index (χ2n) is 7.20. The van der Waals surface area contributed by atoms with Crippen LogP contribution in [0.15, 0.2) is 65.1 Å². The number of hydrazine groups is 1. The fourth-order valence-electron chi connectivity index (χ4n) is 3.02. The summed E-state index contributed by atoms with van der Waals surface area (Å²) < 4.78 is 16.8. The van der Waals surface area contributed by atoms with Crippen LogP contribution in [0.2, 0.25) is 0 Å². The Morgan fingerprint density at radius 3 is 2.53 bits per heavy atom. The van der Waals surface area contributed by atoms with Crippen LogP contribution in [0.3, 0.4) is 0 Å². The van der Waals surface area contributed by atoms with E-state index in [4.69, 9.17) is 13.9 Å². The van der Waals surface area contributed by atoms with Crippen molar-refractivity contribution in [3.05, 3.63) is 72.0 Å². The highest BCUT2D eigenvalue weighted by atomic mass is 16.5. The summed E-state index contributed by atoms with van der Waals surface area (Å²) in [6.45, 7) is 2.66. The first kappa shape index (κ1) is 22.9. The molecule has 0 bridgehead atoms. The van der Waals surface area contributed by atoms with E-state index in [9.17, 15) is 9.59 Å². The van der Waals surface area contributed by atoms with Crippen molar-refractivity contribution in [2.75, 3.05) is 13.7 Å². The Morgan fingerprint density at radius 2 is 1.78 bits per heavy atom. The summed E-state index contributed by atoms with van der Waals surface area (Å²) in [6.07, 6.45) is 2.56. The third-order valence-corrected chi connectivity index (χ3v) is 4.82. The summed E-state index contributed by atoms with van der Waals surface area (Å²) in [5.41, 5.74) is 6.18. The van der Waals surface area contributed by atoms with Crippen LogP contribution in [0.25, 0.3) is 11.3 Å². The minimum atomic E-state index is -0.443. The predicted molar refractivity (Wildman–Crippen MR) is 121 cm³/mol. The molecule has 1 aromatic heterocycles. The van der Waals surface area contributed by atoms with E-state index in [0.717, 1.165) is 24.2 Å². The molecule has 0 spiro atoms. The van der Waals surface area contributed by atoms with Crippen LogP contribution in [0, 0.1) is 0 Å². The van der Waals surface area contributed by atoms with Crippen LogP contribution in [-0.2, 0) is 11.2 Å². The molecule has 0 fully saturated rings. The first-order chi connectivity index (χ1) is 15.6. The lowest BCUT2D eigenvalue weighted by Gasteiger charge is -2.12. The van der Waals surface area contributed by atoms with E-state index in [2.05, 4.69) is 17.8 Å². The zero-order valence-corrected chi connectivity index (χ0v) is 18.4. The van der Waals surface area contributed by atoms with Crippen LogP contribution in [-0.4, -0.2) is 25.5 Å². The monoisotopic (exact) mass is 436 g/mol. The molecule has 2 aromatic carbocycles. The van der Waals surface area contributed by atoms with Crippen molar-refractivity contribution in [3.8, 4) is 22.8 Å². The Hall–Kier alpha value is -3.74. The Morgan fingerprint density at radius 1 is 0.969 bits per heavy atom. The lowest BCUT2D eigenvalue weighted by molar-refractivity contribution is -0.121. The number of rotatable bonds is 10. The standard InChI is InChI=1S/C25H28N2O5/c1-3-4-16-31-22-13-10-19(17-23(22)30-2)25(29)27-26-24(28)15-12-20-11-14-21(32-20)18-8-6-5-7-9-18/h5-11,13-14,17H,3-4,12,15-16H2,1-2H3,(H,26,28)(H,27,29). The molecule has 0 saturated carbocycles. The third-order valence-electron chi connectivity index (χ3n) is 4.82. The quantitative estimate of drug-likeness (QED) is 0.360. The maximum absolute atomic E-state index is 12.4. The number of hydrogen-bond acceptors (Lipinski definition) is 5. The summed E-state index contributed by atoms with van der Waals surface area (Å²) in [6, 6.07) is 18.4. The molecule has 1 heterocycles. The molecule has 0 radical (unpaired) electrons. The van der Waals surface area contributed by atoms with Crippen molar-refractivity contribution in [2.24, 2.45) is 0 Å². The lowest BCUT2D eigenvalue weighted by Crippen LogP contribution is -2.41. The molecule has 0 saturated heterocycles. The average Bonchev–Trinajstić information content (AvgIpc) is 3.31. The molecule has 7 heteroatoms. The Balaban J connectivity index is 1.47. The van der Waals surface area contributed by atoms with E-state index in [0.29, 0.717) is 35.9 Å². The van der Waals surface area contributed by atoms with Crippen molar-refractivity contribution in [2.45, 2.75) is 32.6 Å². The maximum Gasteiger partial charge on any atom is 0.269 e.